The van der Waals surface area contributed by atoms with Crippen LogP contribution in [-0.2, 0) is 9.59 Å². The lowest BCUT2D eigenvalue weighted by atomic mass is 9.58. The Morgan fingerprint density at radius 2 is 1.45 bits per heavy atom. The van der Waals surface area contributed by atoms with Crippen LogP contribution < -0.4 is 0 Å². The van der Waals surface area contributed by atoms with Crippen molar-refractivity contribution in [3.05, 3.63) is 0 Å². The van der Waals surface area contributed by atoms with Crippen molar-refractivity contribution < 1.29 is 19.8 Å². The molecule has 0 saturated heterocycles. The first kappa shape index (κ1) is 16.8. The minimum absolute atomic E-state index is 0.191. The molecule has 0 aromatic carbocycles. The van der Waals surface area contributed by atoms with Crippen LogP contribution in [0.1, 0.15) is 64.2 Å². The summed E-state index contributed by atoms with van der Waals surface area (Å²) in [5.41, 5.74) is -1.77. The van der Waals surface area contributed by atoms with E-state index in [-0.39, 0.29) is 11.8 Å². The fourth-order valence-electron chi connectivity index (χ4n) is 4.56. The zero-order valence-electron chi connectivity index (χ0n) is 13.0. The number of carbonyl (C=O) groups is 2. The molecule has 2 aliphatic rings. The van der Waals surface area contributed by atoms with E-state index in [4.69, 9.17) is 0 Å². The fourth-order valence-corrected chi connectivity index (χ4v) is 4.56. The molecule has 2 rings (SSSR count). The quantitative estimate of drug-likeness (QED) is 0.810. The van der Waals surface area contributed by atoms with Crippen LogP contribution in [0, 0.1) is 34.5 Å². The predicted octanol–water partition coefficient (Wildman–Crippen LogP) is 3.44. The van der Waals surface area contributed by atoms with Crippen molar-refractivity contribution in [3.63, 3.8) is 0 Å². The molecule has 5 nitrogen and oxygen atoms in total. The van der Waals surface area contributed by atoms with E-state index in [1.807, 2.05) is 6.07 Å². The highest BCUT2D eigenvalue weighted by molar-refractivity contribution is 5.86. The molecule has 0 heterocycles. The first-order valence-corrected chi connectivity index (χ1v) is 8.41. The third-order valence-corrected chi connectivity index (χ3v) is 5.67. The number of aliphatic carboxylic acids is 2. The number of carboxylic acid groups (broad SMARTS) is 2. The van der Waals surface area contributed by atoms with Crippen LogP contribution in [-0.4, -0.2) is 22.2 Å². The molecule has 0 aliphatic heterocycles. The number of rotatable bonds is 5. The number of hydrogen-bond donors (Lipinski definition) is 2. The Balaban J connectivity index is 2.41. The highest BCUT2D eigenvalue weighted by Crippen LogP contribution is 2.49. The van der Waals surface area contributed by atoms with Gasteiger partial charge in [-0.2, -0.15) is 5.26 Å². The zero-order chi connectivity index (χ0) is 16.2. The Kier molecular flexibility index (Phi) is 5.44. The van der Waals surface area contributed by atoms with Crippen molar-refractivity contribution in [1.82, 2.24) is 0 Å². The van der Waals surface area contributed by atoms with E-state index in [1.54, 1.807) is 0 Å². The van der Waals surface area contributed by atoms with Crippen molar-refractivity contribution in [3.8, 4) is 6.07 Å². The smallest absolute Gasteiger partial charge is 0.325 e. The van der Waals surface area contributed by atoms with Crippen LogP contribution in [0.3, 0.4) is 0 Å². The standard InChI is InChI=1S/C17H25NO4/c18-11-17(16(21)22,13-9-5-2-6-10-13)14(15(19)20)12-7-3-1-4-8-12/h12-14H,1-10H2,(H,19,20)(H,21,22). The van der Waals surface area contributed by atoms with Crippen molar-refractivity contribution in [2.24, 2.45) is 23.2 Å². The summed E-state index contributed by atoms with van der Waals surface area (Å²) in [6, 6.07) is 1.98. The fraction of sp³-hybridized carbons (Fsp3) is 0.824. The summed E-state index contributed by atoms with van der Waals surface area (Å²) in [6.45, 7) is 0. The monoisotopic (exact) mass is 307 g/mol. The molecule has 122 valence electrons. The summed E-state index contributed by atoms with van der Waals surface area (Å²) in [5.74, 6) is -3.96. The van der Waals surface area contributed by atoms with Crippen LogP contribution >= 0.6 is 0 Å². The summed E-state index contributed by atoms with van der Waals surface area (Å²) in [4.78, 5) is 24.0. The third kappa shape index (κ3) is 2.97. The summed E-state index contributed by atoms with van der Waals surface area (Å²) in [5, 5.41) is 29.4. The van der Waals surface area contributed by atoms with E-state index in [0.29, 0.717) is 12.8 Å². The van der Waals surface area contributed by atoms with Gasteiger partial charge in [0.1, 0.15) is 0 Å². The van der Waals surface area contributed by atoms with Gasteiger partial charge in [0.2, 0.25) is 0 Å². The predicted molar refractivity (Wildman–Crippen MR) is 80.0 cm³/mol. The van der Waals surface area contributed by atoms with E-state index in [9.17, 15) is 25.1 Å². The van der Waals surface area contributed by atoms with Gasteiger partial charge in [-0.05, 0) is 37.5 Å². The maximum Gasteiger partial charge on any atom is 0.325 e. The SMILES string of the molecule is N#CC(C(=O)O)(C1CCCCC1)C(C(=O)O)C1CCCCC1. The maximum absolute atomic E-state index is 12.1. The van der Waals surface area contributed by atoms with Crippen LogP contribution in [0.15, 0.2) is 0 Å². The lowest BCUT2D eigenvalue weighted by Gasteiger charge is -2.41. The van der Waals surface area contributed by atoms with E-state index in [2.05, 4.69) is 0 Å². The molecule has 0 radical (unpaired) electrons. The summed E-state index contributed by atoms with van der Waals surface area (Å²) in [6.07, 6.45) is 8.49. The van der Waals surface area contributed by atoms with Gasteiger partial charge in [-0.3, -0.25) is 9.59 Å². The maximum atomic E-state index is 12.1. The van der Waals surface area contributed by atoms with Gasteiger partial charge in [0.15, 0.2) is 5.41 Å². The molecule has 2 N–H and O–H groups in total. The molecule has 2 atom stereocenters. The van der Waals surface area contributed by atoms with E-state index in [0.717, 1.165) is 51.4 Å². The lowest BCUT2D eigenvalue weighted by molar-refractivity contribution is -0.167. The Hall–Kier alpha value is -1.57. The lowest BCUT2D eigenvalue weighted by Crippen LogP contribution is -2.51. The highest BCUT2D eigenvalue weighted by Gasteiger charge is 2.58. The molecule has 2 fully saturated rings. The molecule has 2 saturated carbocycles. The molecule has 0 aromatic heterocycles. The first-order valence-electron chi connectivity index (χ1n) is 8.41. The van der Waals surface area contributed by atoms with Gasteiger partial charge in [0, 0.05) is 0 Å². The summed E-state index contributed by atoms with van der Waals surface area (Å²) in [7, 11) is 0. The van der Waals surface area contributed by atoms with E-state index < -0.39 is 23.3 Å². The second-order valence-corrected chi connectivity index (χ2v) is 6.83. The molecular formula is C17H25NO4. The van der Waals surface area contributed by atoms with Crippen molar-refractivity contribution in [2.45, 2.75) is 64.2 Å². The van der Waals surface area contributed by atoms with Gasteiger partial charge in [-0.15, -0.1) is 0 Å². The largest absolute Gasteiger partial charge is 0.481 e. The van der Waals surface area contributed by atoms with Gasteiger partial charge >= 0.3 is 11.9 Å². The van der Waals surface area contributed by atoms with Gasteiger partial charge in [0.05, 0.1) is 12.0 Å². The average molecular weight is 307 g/mol. The second-order valence-electron chi connectivity index (χ2n) is 6.83. The van der Waals surface area contributed by atoms with Crippen LogP contribution in [0.5, 0.6) is 0 Å². The number of nitriles is 1. The Labute approximate surface area is 131 Å². The molecule has 0 bridgehead atoms. The van der Waals surface area contributed by atoms with E-state index >= 15 is 0 Å². The normalized spacial score (nSPS) is 24.9. The molecule has 0 aromatic rings. The van der Waals surface area contributed by atoms with Gasteiger partial charge in [0.25, 0.3) is 0 Å². The Morgan fingerprint density at radius 1 is 0.955 bits per heavy atom. The topological polar surface area (TPSA) is 98.4 Å². The summed E-state index contributed by atoms with van der Waals surface area (Å²) >= 11 is 0. The Bertz CT molecular complexity index is 458. The number of carboxylic acids is 2. The molecule has 0 amide bonds. The van der Waals surface area contributed by atoms with Crippen molar-refractivity contribution in [1.29, 1.82) is 5.26 Å². The van der Waals surface area contributed by atoms with Gasteiger partial charge in [-0.25, -0.2) is 0 Å². The minimum atomic E-state index is -1.77. The molecule has 2 aliphatic carbocycles. The first-order chi connectivity index (χ1) is 10.5. The molecule has 0 spiro atoms. The van der Waals surface area contributed by atoms with Gasteiger partial charge < -0.3 is 10.2 Å². The zero-order valence-corrected chi connectivity index (χ0v) is 13.0. The van der Waals surface area contributed by atoms with Crippen molar-refractivity contribution in [2.75, 3.05) is 0 Å². The van der Waals surface area contributed by atoms with Crippen LogP contribution in [0.4, 0.5) is 0 Å². The average Bonchev–Trinajstić information content (AvgIpc) is 2.53. The van der Waals surface area contributed by atoms with E-state index in [1.165, 1.54) is 0 Å². The van der Waals surface area contributed by atoms with Crippen molar-refractivity contribution >= 4 is 11.9 Å². The third-order valence-electron chi connectivity index (χ3n) is 5.67. The highest BCUT2D eigenvalue weighted by atomic mass is 16.4. The molecule has 5 heteroatoms. The minimum Gasteiger partial charge on any atom is -0.481 e. The van der Waals surface area contributed by atoms with Crippen LogP contribution in [0.25, 0.3) is 0 Å². The summed E-state index contributed by atoms with van der Waals surface area (Å²) < 4.78 is 0. The number of hydrogen-bond acceptors (Lipinski definition) is 3. The second kappa shape index (κ2) is 7.13. The number of nitrogens with zero attached hydrogens (tertiary/aromatic N) is 1. The van der Waals surface area contributed by atoms with Gasteiger partial charge in [-0.1, -0.05) is 38.5 Å². The van der Waals surface area contributed by atoms with Crippen LogP contribution in [0.2, 0.25) is 0 Å². The molecule has 22 heavy (non-hydrogen) atoms. The molecule has 2 unspecified atom stereocenters. The molecular weight excluding hydrogens is 282 g/mol. The Morgan fingerprint density at radius 3 is 1.86 bits per heavy atom.